The number of aromatic nitrogens is 1. The van der Waals surface area contributed by atoms with Gasteiger partial charge in [-0.05, 0) is 18.1 Å². The van der Waals surface area contributed by atoms with Gasteiger partial charge >= 0.3 is 0 Å². The van der Waals surface area contributed by atoms with Crippen LogP contribution in [0, 0.1) is 6.92 Å². The van der Waals surface area contributed by atoms with Crippen molar-refractivity contribution < 1.29 is 4.79 Å². The predicted molar refractivity (Wildman–Crippen MR) is 54.4 cm³/mol. The van der Waals surface area contributed by atoms with Crippen molar-refractivity contribution in [3.8, 4) is 0 Å². The van der Waals surface area contributed by atoms with E-state index >= 15 is 0 Å². The van der Waals surface area contributed by atoms with E-state index in [9.17, 15) is 4.79 Å². The molecule has 0 aromatic carbocycles. The Bertz CT molecular complexity index is 378. The minimum absolute atomic E-state index is 0.114. The van der Waals surface area contributed by atoms with E-state index in [0.29, 0.717) is 18.1 Å². The summed E-state index contributed by atoms with van der Waals surface area (Å²) >= 11 is 5.82. The third kappa shape index (κ3) is 1.73. The molecule has 0 spiro atoms. The third-order valence-electron chi connectivity index (χ3n) is 2.48. The zero-order chi connectivity index (χ0) is 10.1. The summed E-state index contributed by atoms with van der Waals surface area (Å²) in [7, 11) is 0. The molecule has 1 unspecified atom stereocenters. The van der Waals surface area contributed by atoms with E-state index in [1.165, 1.54) is 0 Å². The molecular weight excluding hydrogens is 200 g/mol. The maximum atomic E-state index is 11.0. The van der Waals surface area contributed by atoms with Crippen molar-refractivity contribution in [2.45, 2.75) is 19.3 Å². The average Bonchev–Trinajstić information content (AvgIpc) is 2.57. The second kappa shape index (κ2) is 3.58. The number of pyridine rings is 1. The number of amides is 1. The number of rotatable bonds is 1. The number of hydrogen-bond donors (Lipinski definition) is 1. The molecule has 14 heavy (non-hydrogen) atoms. The Kier molecular flexibility index (Phi) is 2.42. The normalized spacial score (nSPS) is 21.0. The highest BCUT2D eigenvalue weighted by Crippen LogP contribution is 2.24. The number of halogens is 1. The van der Waals surface area contributed by atoms with E-state index in [-0.39, 0.29) is 11.8 Å². The maximum Gasteiger partial charge on any atom is 0.220 e. The first-order chi connectivity index (χ1) is 6.66. The van der Waals surface area contributed by atoms with Crippen LogP contribution in [-0.4, -0.2) is 17.4 Å². The van der Waals surface area contributed by atoms with Gasteiger partial charge in [0.05, 0.1) is 0 Å². The zero-order valence-corrected chi connectivity index (χ0v) is 8.64. The summed E-state index contributed by atoms with van der Waals surface area (Å²) in [4.78, 5) is 15.1. The van der Waals surface area contributed by atoms with Gasteiger partial charge in [0.1, 0.15) is 5.15 Å². The highest BCUT2D eigenvalue weighted by molar-refractivity contribution is 6.30. The van der Waals surface area contributed by atoms with E-state index in [1.54, 1.807) is 6.20 Å². The summed E-state index contributed by atoms with van der Waals surface area (Å²) in [5.74, 6) is 0.369. The fraction of sp³-hybridized carbons (Fsp3) is 0.400. The first-order valence-corrected chi connectivity index (χ1v) is 4.93. The number of nitrogens with zero attached hydrogens (tertiary/aromatic N) is 1. The van der Waals surface area contributed by atoms with Gasteiger partial charge in [-0.1, -0.05) is 17.7 Å². The largest absolute Gasteiger partial charge is 0.355 e. The molecule has 2 rings (SSSR count). The summed E-state index contributed by atoms with van der Waals surface area (Å²) < 4.78 is 0. The van der Waals surface area contributed by atoms with Gasteiger partial charge < -0.3 is 5.32 Å². The molecule has 0 bridgehead atoms. The zero-order valence-electron chi connectivity index (χ0n) is 7.88. The number of carbonyl (C=O) groups excluding carboxylic acids is 1. The third-order valence-corrected chi connectivity index (χ3v) is 2.88. The highest BCUT2D eigenvalue weighted by atomic mass is 35.5. The summed E-state index contributed by atoms with van der Waals surface area (Å²) in [6.07, 6.45) is 2.31. The molecule has 1 aromatic heterocycles. The maximum absolute atomic E-state index is 11.0. The van der Waals surface area contributed by atoms with E-state index in [2.05, 4.69) is 10.3 Å². The van der Waals surface area contributed by atoms with Crippen molar-refractivity contribution in [2.75, 3.05) is 6.54 Å². The Morgan fingerprint density at radius 2 is 2.43 bits per heavy atom. The van der Waals surface area contributed by atoms with Crippen LogP contribution < -0.4 is 5.32 Å². The summed E-state index contributed by atoms with van der Waals surface area (Å²) in [6.45, 7) is 2.63. The lowest BCUT2D eigenvalue weighted by molar-refractivity contribution is -0.119. The Hall–Kier alpha value is -1.09. The Labute approximate surface area is 87.5 Å². The lowest BCUT2D eigenvalue weighted by atomic mass is 9.99. The molecule has 4 heteroatoms. The molecule has 0 aliphatic carbocycles. The Morgan fingerprint density at radius 1 is 1.64 bits per heavy atom. The number of carbonyl (C=O) groups is 1. The number of hydrogen-bond acceptors (Lipinski definition) is 2. The Morgan fingerprint density at radius 3 is 3.00 bits per heavy atom. The summed E-state index contributed by atoms with van der Waals surface area (Å²) in [6, 6.07) is 2.00. The summed E-state index contributed by atoms with van der Waals surface area (Å²) in [5.41, 5.74) is 2.05. The molecule has 1 fully saturated rings. The lowest BCUT2D eigenvalue weighted by Gasteiger charge is -2.08. The molecule has 2 heterocycles. The van der Waals surface area contributed by atoms with E-state index < -0.39 is 0 Å². The van der Waals surface area contributed by atoms with Crippen LogP contribution in [0.4, 0.5) is 0 Å². The van der Waals surface area contributed by atoms with Crippen LogP contribution in [0.1, 0.15) is 23.5 Å². The molecular formula is C10H11ClN2O. The molecule has 1 N–H and O–H groups in total. The van der Waals surface area contributed by atoms with Crippen molar-refractivity contribution in [2.24, 2.45) is 0 Å². The van der Waals surface area contributed by atoms with Crippen LogP contribution in [0.15, 0.2) is 12.3 Å². The molecule has 1 aliphatic rings. The fourth-order valence-electron chi connectivity index (χ4n) is 1.64. The van der Waals surface area contributed by atoms with Crippen molar-refractivity contribution >= 4 is 17.5 Å². The van der Waals surface area contributed by atoms with Crippen LogP contribution in [0.25, 0.3) is 0 Å². The molecule has 0 saturated carbocycles. The van der Waals surface area contributed by atoms with Crippen LogP contribution in [0.3, 0.4) is 0 Å². The second-order valence-corrected chi connectivity index (χ2v) is 3.94. The first-order valence-electron chi connectivity index (χ1n) is 4.55. The molecule has 1 aromatic rings. The molecule has 1 atom stereocenters. The van der Waals surface area contributed by atoms with Crippen LogP contribution >= 0.6 is 11.6 Å². The van der Waals surface area contributed by atoms with Gasteiger partial charge in [0.15, 0.2) is 0 Å². The topological polar surface area (TPSA) is 42.0 Å². The average molecular weight is 211 g/mol. The van der Waals surface area contributed by atoms with E-state index in [0.717, 1.165) is 11.1 Å². The Balaban J connectivity index is 2.24. The molecule has 74 valence electrons. The monoisotopic (exact) mass is 210 g/mol. The minimum atomic E-state index is 0.114. The van der Waals surface area contributed by atoms with Crippen molar-refractivity contribution in [1.82, 2.24) is 10.3 Å². The second-order valence-electron chi connectivity index (χ2n) is 3.58. The fourth-order valence-corrected chi connectivity index (χ4v) is 1.75. The quantitative estimate of drug-likeness (QED) is 0.717. The van der Waals surface area contributed by atoms with Gasteiger partial charge in [0.25, 0.3) is 0 Å². The van der Waals surface area contributed by atoms with Gasteiger partial charge in [-0.3, -0.25) is 4.79 Å². The SMILES string of the molecule is Cc1cc(C2CNC(=O)C2)cnc1Cl. The number of aryl methyl sites for hydroxylation is 1. The molecule has 1 saturated heterocycles. The van der Waals surface area contributed by atoms with Gasteiger partial charge in [-0.2, -0.15) is 0 Å². The molecule has 0 radical (unpaired) electrons. The van der Waals surface area contributed by atoms with Crippen molar-refractivity contribution in [3.05, 3.63) is 28.5 Å². The smallest absolute Gasteiger partial charge is 0.220 e. The van der Waals surface area contributed by atoms with Gasteiger partial charge in [0, 0.05) is 25.1 Å². The van der Waals surface area contributed by atoms with Crippen molar-refractivity contribution in [3.63, 3.8) is 0 Å². The van der Waals surface area contributed by atoms with E-state index in [4.69, 9.17) is 11.6 Å². The molecule has 1 amide bonds. The lowest BCUT2D eigenvalue weighted by Crippen LogP contribution is -2.13. The molecule has 3 nitrogen and oxygen atoms in total. The van der Waals surface area contributed by atoms with Gasteiger partial charge in [-0.25, -0.2) is 4.98 Å². The van der Waals surface area contributed by atoms with Gasteiger partial charge in [-0.15, -0.1) is 0 Å². The van der Waals surface area contributed by atoms with E-state index in [1.807, 2.05) is 13.0 Å². The molecule has 1 aliphatic heterocycles. The van der Waals surface area contributed by atoms with Crippen LogP contribution in [0.2, 0.25) is 5.15 Å². The minimum Gasteiger partial charge on any atom is -0.355 e. The summed E-state index contributed by atoms with van der Waals surface area (Å²) in [5, 5.41) is 3.34. The number of nitrogens with one attached hydrogen (secondary N) is 1. The predicted octanol–water partition coefficient (Wildman–Crippen LogP) is 1.65. The van der Waals surface area contributed by atoms with Crippen LogP contribution in [-0.2, 0) is 4.79 Å². The van der Waals surface area contributed by atoms with Crippen molar-refractivity contribution in [1.29, 1.82) is 0 Å². The highest BCUT2D eigenvalue weighted by Gasteiger charge is 2.23. The first kappa shape index (κ1) is 9.46. The van der Waals surface area contributed by atoms with Crippen LogP contribution in [0.5, 0.6) is 0 Å². The van der Waals surface area contributed by atoms with Gasteiger partial charge in [0.2, 0.25) is 5.91 Å². The standard InChI is InChI=1S/C10H11ClN2O/c1-6-2-7(5-13-10(6)11)8-3-9(14)12-4-8/h2,5,8H,3-4H2,1H3,(H,12,14).